The molecule has 2 aromatic rings. The van der Waals surface area contributed by atoms with Gasteiger partial charge in [-0.1, -0.05) is 12.1 Å². The number of hydrogen-bond donors (Lipinski definition) is 2. The van der Waals surface area contributed by atoms with Crippen molar-refractivity contribution in [3.05, 3.63) is 59.4 Å². The van der Waals surface area contributed by atoms with E-state index in [9.17, 15) is 9.18 Å². The molecule has 0 fully saturated rings. The molecule has 0 spiro atoms. The lowest BCUT2D eigenvalue weighted by atomic mass is 10.1. The van der Waals surface area contributed by atoms with Crippen LogP contribution < -0.4 is 11.1 Å². The van der Waals surface area contributed by atoms with Crippen LogP contribution in [0.25, 0.3) is 0 Å². The summed E-state index contributed by atoms with van der Waals surface area (Å²) in [6.07, 6.45) is 0. The van der Waals surface area contributed by atoms with Crippen molar-refractivity contribution in [1.29, 1.82) is 0 Å². The molecule has 1 atom stereocenters. The van der Waals surface area contributed by atoms with Crippen LogP contribution in [0.15, 0.2) is 42.5 Å². The van der Waals surface area contributed by atoms with E-state index in [1.165, 1.54) is 19.2 Å². The number of nitrogens with one attached hydrogen (secondary N) is 1. The first-order valence-corrected chi connectivity index (χ1v) is 6.51. The molecule has 0 aromatic heterocycles. The largest absolute Gasteiger partial charge is 0.465 e. The Hall–Kier alpha value is -2.56. The van der Waals surface area contributed by atoms with E-state index < -0.39 is 5.97 Å². The predicted octanol–water partition coefficient (Wildman–Crippen LogP) is 3.37. The molecule has 0 aliphatic carbocycles. The van der Waals surface area contributed by atoms with Crippen molar-refractivity contribution in [2.45, 2.75) is 13.0 Å². The molecular weight excluding hydrogens is 271 g/mol. The Morgan fingerprint density at radius 2 is 2.05 bits per heavy atom. The predicted molar refractivity (Wildman–Crippen MR) is 80.6 cm³/mol. The third kappa shape index (κ3) is 3.51. The molecular formula is C16H17FN2O2. The maximum Gasteiger partial charge on any atom is 0.337 e. The number of carbonyl (C=O) groups excluding carboxylic acids is 1. The molecule has 1 unspecified atom stereocenters. The summed E-state index contributed by atoms with van der Waals surface area (Å²) in [4.78, 5) is 11.5. The van der Waals surface area contributed by atoms with Crippen LogP contribution >= 0.6 is 0 Å². The third-order valence-electron chi connectivity index (χ3n) is 3.20. The van der Waals surface area contributed by atoms with Crippen LogP contribution in [0.3, 0.4) is 0 Å². The van der Waals surface area contributed by atoms with E-state index in [2.05, 4.69) is 10.1 Å². The van der Waals surface area contributed by atoms with E-state index in [0.717, 1.165) is 5.56 Å². The van der Waals surface area contributed by atoms with Crippen molar-refractivity contribution in [2.24, 2.45) is 0 Å². The van der Waals surface area contributed by atoms with Gasteiger partial charge in [0.15, 0.2) is 0 Å². The maximum atomic E-state index is 13.2. The number of benzene rings is 2. The molecule has 0 saturated heterocycles. The van der Waals surface area contributed by atoms with Gasteiger partial charge < -0.3 is 15.8 Å². The van der Waals surface area contributed by atoms with Crippen LogP contribution in [0, 0.1) is 5.82 Å². The number of nitrogen functional groups attached to an aromatic ring is 1. The quantitative estimate of drug-likeness (QED) is 0.669. The zero-order valence-electron chi connectivity index (χ0n) is 11.9. The van der Waals surface area contributed by atoms with Crippen LogP contribution in [0.4, 0.5) is 15.8 Å². The van der Waals surface area contributed by atoms with Gasteiger partial charge in [0.1, 0.15) is 5.82 Å². The monoisotopic (exact) mass is 288 g/mol. The molecule has 0 heterocycles. The van der Waals surface area contributed by atoms with E-state index >= 15 is 0 Å². The van der Waals surface area contributed by atoms with Gasteiger partial charge in [0, 0.05) is 6.04 Å². The topological polar surface area (TPSA) is 64.3 Å². The lowest BCUT2D eigenvalue weighted by molar-refractivity contribution is 0.0601. The van der Waals surface area contributed by atoms with Gasteiger partial charge in [-0.2, -0.15) is 0 Å². The van der Waals surface area contributed by atoms with E-state index in [4.69, 9.17) is 5.73 Å². The number of nitrogens with two attached hydrogens (primary N) is 1. The zero-order chi connectivity index (χ0) is 15.4. The number of carbonyl (C=O) groups is 1. The molecule has 21 heavy (non-hydrogen) atoms. The second-order valence-electron chi connectivity index (χ2n) is 4.71. The van der Waals surface area contributed by atoms with Gasteiger partial charge in [-0.25, -0.2) is 9.18 Å². The maximum absolute atomic E-state index is 13.2. The van der Waals surface area contributed by atoms with Crippen LogP contribution in [-0.4, -0.2) is 13.1 Å². The van der Waals surface area contributed by atoms with Crippen LogP contribution in [0.2, 0.25) is 0 Å². The SMILES string of the molecule is COC(=O)c1ccc(N)c(NC(C)c2cccc(F)c2)c1. The summed E-state index contributed by atoms with van der Waals surface area (Å²) in [6.45, 7) is 1.89. The van der Waals surface area contributed by atoms with E-state index in [1.54, 1.807) is 24.3 Å². The van der Waals surface area contributed by atoms with Gasteiger partial charge in [-0.05, 0) is 42.8 Å². The summed E-state index contributed by atoms with van der Waals surface area (Å²) in [7, 11) is 1.32. The van der Waals surface area contributed by atoms with Crippen LogP contribution in [-0.2, 0) is 4.74 Å². The molecule has 0 bridgehead atoms. The summed E-state index contributed by atoms with van der Waals surface area (Å²) in [5, 5.41) is 3.17. The summed E-state index contributed by atoms with van der Waals surface area (Å²) in [5.41, 5.74) is 8.20. The molecule has 2 rings (SSSR count). The number of methoxy groups -OCH3 is 1. The highest BCUT2D eigenvalue weighted by Crippen LogP contribution is 2.26. The molecule has 0 aliphatic rings. The van der Waals surface area contributed by atoms with Crippen LogP contribution in [0.5, 0.6) is 0 Å². The molecule has 0 amide bonds. The minimum Gasteiger partial charge on any atom is -0.465 e. The van der Waals surface area contributed by atoms with Gasteiger partial charge in [-0.3, -0.25) is 0 Å². The van der Waals surface area contributed by atoms with Crippen molar-refractivity contribution in [3.63, 3.8) is 0 Å². The standard InChI is InChI=1S/C16H17FN2O2/c1-10(11-4-3-5-13(17)8-11)19-15-9-12(16(20)21-2)6-7-14(15)18/h3-10,19H,18H2,1-2H3. The number of esters is 1. The lowest BCUT2D eigenvalue weighted by Crippen LogP contribution is -2.10. The zero-order valence-corrected chi connectivity index (χ0v) is 11.9. The Morgan fingerprint density at radius 3 is 2.71 bits per heavy atom. The minimum atomic E-state index is -0.434. The van der Waals surface area contributed by atoms with Gasteiger partial charge in [0.2, 0.25) is 0 Å². The van der Waals surface area contributed by atoms with Crippen molar-refractivity contribution < 1.29 is 13.9 Å². The normalized spacial score (nSPS) is 11.8. The number of halogens is 1. The van der Waals surface area contributed by atoms with Crippen molar-refractivity contribution in [1.82, 2.24) is 0 Å². The van der Waals surface area contributed by atoms with E-state index in [-0.39, 0.29) is 11.9 Å². The Kier molecular flexibility index (Phi) is 4.42. The van der Waals surface area contributed by atoms with E-state index in [1.807, 2.05) is 13.0 Å². The van der Waals surface area contributed by atoms with Crippen molar-refractivity contribution in [2.75, 3.05) is 18.2 Å². The highest BCUT2D eigenvalue weighted by atomic mass is 19.1. The smallest absolute Gasteiger partial charge is 0.337 e. The first kappa shape index (κ1) is 14.8. The van der Waals surface area contributed by atoms with Gasteiger partial charge in [0.25, 0.3) is 0 Å². The molecule has 2 aromatic carbocycles. The second-order valence-corrected chi connectivity index (χ2v) is 4.71. The fourth-order valence-corrected chi connectivity index (χ4v) is 2.02. The Labute approximate surface area is 122 Å². The lowest BCUT2D eigenvalue weighted by Gasteiger charge is -2.18. The minimum absolute atomic E-state index is 0.157. The highest BCUT2D eigenvalue weighted by Gasteiger charge is 2.11. The van der Waals surface area contributed by atoms with Gasteiger partial charge >= 0.3 is 5.97 Å². The molecule has 4 nitrogen and oxygen atoms in total. The number of anilines is 2. The number of rotatable bonds is 4. The first-order chi connectivity index (χ1) is 10.0. The Bertz CT molecular complexity index is 658. The first-order valence-electron chi connectivity index (χ1n) is 6.51. The molecule has 3 N–H and O–H groups in total. The number of hydrogen-bond acceptors (Lipinski definition) is 4. The third-order valence-corrected chi connectivity index (χ3v) is 3.20. The fraction of sp³-hybridized carbons (Fsp3) is 0.188. The number of ether oxygens (including phenoxy) is 1. The summed E-state index contributed by atoms with van der Waals surface area (Å²) in [6, 6.07) is 11.0. The highest BCUT2D eigenvalue weighted by molar-refractivity contribution is 5.92. The van der Waals surface area contributed by atoms with Gasteiger partial charge in [0.05, 0.1) is 24.0 Å². The summed E-state index contributed by atoms with van der Waals surface area (Å²) >= 11 is 0. The van der Waals surface area contributed by atoms with Gasteiger partial charge in [-0.15, -0.1) is 0 Å². The fourth-order valence-electron chi connectivity index (χ4n) is 2.02. The molecule has 0 radical (unpaired) electrons. The average Bonchev–Trinajstić information content (AvgIpc) is 2.48. The van der Waals surface area contributed by atoms with E-state index in [0.29, 0.717) is 16.9 Å². The Balaban J connectivity index is 2.24. The molecule has 110 valence electrons. The second kappa shape index (κ2) is 6.26. The Morgan fingerprint density at radius 1 is 1.29 bits per heavy atom. The molecule has 0 saturated carbocycles. The average molecular weight is 288 g/mol. The van der Waals surface area contributed by atoms with Crippen molar-refractivity contribution in [3.8, 4) is 0 Å². The molecule has 5 heteroatoms. The van der Waals surface area contributed by atoms with Crippen molar-refractivity contribution >= 4 is 17.3 Å². The molecule has 0 aliphatic heterocycles. The van der Waals surface area contributed by atoms with Crippen LogP contribution in [0.1, 0.15) is 28.9 Å². The summed E-state index contributed by atoms with van der Waals surface area (Å²) in [5.74, 6) is -0.728. The summed E-state index contributed by atoms with van der Waals surface area (Å²) < 4.78 is 17.9.